The molecule has 0 aliphatic heterocycles. The maximum Gasteiger partial charge on any atom is 0.0970 e. The topological polar surface area (TPSA) is 25.8 Å². The van der Waals surface area contributed by atoms with Crippen molar-refractivity contribution in [2.24, 2.45) is 0 Å². The second kappa shape index (κ2) is 10.3. The van der Waals surface area contributed by atoms with Crippen molar-refractivity contribution < 1.29 is 0 Å². The summed E-state index contributed by atoms with van der Waals surface area (Å²) in [5.41, 5.74) is 6.71. The third-order valence-corrected chi connectivity index (χ3v) is 11.4. The highest BCUT2D eigenvalue weighted by atomic mass is 14.7. The van der Waals surface area contributed by atoms with Crippen LogP contribution in [0.25, 0.3) is 119 Å². The van der Waals surface area contributed by atoms with Crippen LogP contribution in [0.5, 0.6) is 0 Å². The highest BCUT2D eigenvalue weighted by Crippen LogP contribution is 2.47. The standard InChI is InChI=1S/C50H28N2/c1-2-14-34-33(13-1)35(23-24-36(34)44-28-32-12-7-25-51-49(32)50-42(44)20-8-26-52-50)43-27-31-11-5-17-38-37-15-3-9-29-21-22-30-10-4-16-39(46(30)45(29)37)40-18-6-19-41(43)48(40)47(31)38/h1-28H. The van der Waals surface area contributed by atoms with E-state index in [1.807, 2.05) is 24.5 Å². The summed E-state index contributed by atoms with van der Waals surface area (Å²) in [6.07, 6.45) is 3.72. The summed E-state index contributed by atoms with van der Waals surface area (Å²) in [7, 11) is 0. The molecule has 0 spiro atoms. The van der Waals surface area contributed by atoms with Gasteiger partial charge in [-0.15, -0.1) is 0 Å². The first-order chi connectivity index (χ1) is 25.8. The molecular formula is C50H28N2. The Morgan fingerprint density at radius 3 is 1.37 bits per heavy atom. The second-order valence-corrected chi connectivity index (χ2v) is 14.0. The lowest BCUT2D eigenvalue weighted by atomic mass is 9.84. The lowest BCUT2D eigenvalue weighted by Gasteiger charge is -2.19. The van der Waals surface area contributed by atoms with Crippen molar-refractivity contribution in [1.82, 2.24) is 9.97 Å². The zero-order valence-electron chi connectivity index (χ0n) is 28.1. The lowest BCUT2D eigenvalue weighted by molar-refractivity contribution is 1.37. The summed E-state index contributed by atoms with van der Waals surface area (Å²) in [4.78, 5) is 9.53. The quantitative estimate of drug-likeness (QED) is 0.173. The van der Waals surface area contributed by atoms with Crippen LogP contribution in [0.2, 0.25) is 0 Å². The Hall–Kier alpha value is -6.90. The van der Waals surface area contributed by atoms with E-state index in [0.717, 1.165) is 21.8 Å². The van der Waals surface area contributed by atoms with Crippen LogP contribution in [0.15, 0.2) is 170 Å². The minimum Gasteiger partial charge on any atom is -0.254 e. The molecule has 0 bridgehead atoms. The maximum atomic E-state index is 4.82. The first kappa shape index (κ1) is 27.9. The summed E-state index contributed by atoms with van der Waals surface area (Å²) in [5.74, 6) is 0. The Morgan fingerprint density at radius 1 is 0.250 bits per heavy atom. The third kappa shape index (κ3) is 3.68. The third-order valence-electron chi connectivity index (χ3n) is 11.4. The van der Waals surface area contributed by atoms with E-state index in [4.69, 9.17) is 9.97 Å². The molecule has 2 nitrogen and oxygen atoms in total. The fourth-order valence-corrected chi connectivity index (χ4v) is 9.29. The van der Waals surface area contributed by atoms with Crippen molar-refractivity contribution in [2.75, 3.05) is 0 Å². The Morgan fingerprint density at radius 2 is 0.692 bits per heavy atom. The predicted octanol–water partition coefficient (Wildman–Crippen LogP) is 13.6. The van der Waals surface area contributed by atoms with E-state index >= 15 is 0 Å². The van der Waals surface area contributed by atoms with Crippen molar-refractivity contribution in [3.63, 3.8) is 0 Å². The van der Waals surface area contributed by atoms with Gasteiger partial charge in [0.05, 0.1) is 11.0 Å². The molecule has 0 saturated carbocycles. The highest BCUT2D eigenvalue weighted by molar-refractivity contribution is 6.38. The van der Waals surface area contributed by atoms with E-state index in [0.29, 0.717) is 0 Å². The van der Waals surface area contributed by atoms with Crippen LogP contribution in [0, 0.1) is 0 Å². The largest absolute Gasteiger partial charge is 0.254 e. The Bertz CT molecular complexity index is 3470. The molecule has 2 heteroatoms. The molecule has 2 aromatic heterocycles. The average Bonchev–Trinajstić information content (AvgIpc) is 3.21. The van der Waals surface area contributed by atoms with Gasteiger partial charge in [-0.05, 0) is 122 Å². The molecule has 0 atom stereocenters. The van der Waals surface area contributed by atoms with E-state index < -0.39 is 0 Å². The Balaban J connectivity index is 1.23. The molecule has 0 aliphatic rings. The molecule has 2 heterocycles. The smallest absolute Gasteiger partial charge is 0.0970 e. The number of rotatable bonds is 2. The molecule has 238 valence electrons. The zero-order valence-corrected chi connectivity index (χ0v) is 28.1. The van der Waals surface area contributed by atoms with Crippen molar-refractivity contribution >= 4 is 97.2 Å². The predicted molar refractivity (Wildman–Crippen MR) is 222 cm³/mol. The molecular weight excluding hydrogens is 629 g/mol. The molecule has 0 radical (unpaired) electrons. The van der Waals surface area contributed by atoms with Crippen molar-refractivity contribution in [1.29, 1.82) is 0 Å². The molecule has 0 saturated heterocycles. The minimum atomic E-state index is 0.932. The summed E-state index contributed by atoms with van der Waals surface area (Å²) >= 11 is 0. The first-order valence-corrected chi connectivity index (χ1v) is 17.9. The normalized spacial score (nSPS) is 12.2. The number of aromatic nitrogens is 2. The van der Waals surface area contributed by atoms with Gasteiger partial charge in [0.25, 0.3) is 0 Å². The molecule has 52 heavy (non-hydrogen) atoms. The van der Waals surface area contributed by atoms with Crippen LogP contribution in [0.4, 0.5) is 0 Å². The van der Waals surface area contributed by atoms with Crippen LogP contribution in [-0.4, -0.2) is 9.97 Å². The summed E-state index contributed by atoms with van der Waals surface area (Å²) in [6, 6.07) is 58.5. The minimum absolute atomic E-state index is 0.932. The fourth-order valence-electron chi connectivity index (χ4n) is 9.29. The van der Waals surface area contributed by atoms with E-state index in [9.17, 15) is 0 Å². The summed E-state index contributed by atoms with van der Waals surface area (Å²) in [5, 5.41) is 20.2. The highest BCUT2D eigenvalue weighted by Gasteiger charge is 2.20. The number of nitrogens with zero attached hydrogens (tertiary/aromatic N) is 2. The summed E-state index contributed by atoms with van der Waals surface area (Å²) < 4.78 is 0. The van der Waals surface area contributed by atoms with Crippen molar-refractivity contribution in [3.8, 4) is 22.3 Å². The van der Waals surface area contributed by atoms with Gasteiger partial charge in [-0.1, -0.05) is 133 Å². The molecule has 10 aromatic carbocycles. The monoisotopic (exact) mass is 656 g/mol. The van der Waals surface area contributed by atoms with Gasteiger partial charge in [0.1, 0.15) is 0 Å². The van der Waals surface area contributed by atoms with Crippen LogP contribution in [0.1, 0.15) is 0 Å². The van der Waals surface area contributed by atoms with Crippen molar-refractivity contribution in [2.45, 2.75) is 0 Å². The number of hydrogen-bond donors (Lipinski definition) is 0. The molecule has 12 rings (SSSR count). The first-order valence-electron chi connectivity index (χ1n) is 17.9. The van der Waals surface area contributed by atoms with Gasteiger partial charge in [0.15, 0.2) is 0 Å². The van der Waals surface area contributed by atoms with Crippen LogP contribution in [0.3, 0.4) is 0 Å². The van der Waals surface area contributed by atoms with E-state index in [1.165, 1.54) is 97.7 Å². The molecule has 0 aliphatic carbocycles. The molecule has 0 amide bonds. The van der Waals surface area contributed by atoms with Gasteiger partial charge in [-0.25, -0.2) is 0 Å². The van der Waals surface area contributed by atoms with E-state index in [2.05, 4.69) is 146 Å². The molecule has 0 fully saturated rings. The Kier molecular flexibility index (Phi) is 5.53. The number of hydrogen-bond acceptors (Lipinski definition) is 2. The van der Waals surface area contributed by atoms with E-state index in [-0.39, 0.29) is 0 Å². The van der Waals surface area contributed by atoms with Gasteiger partial charge < -0.3 is 0 Å². The average molecular weight is 657 g/mol. The van der Waals surface area contributed by atoms with E-state index in [1.54, 1.807) is 0 Å². The van der Waals surface area contributed by atoms with Gasteiger partial charge >= 0.3 is 0 Å². The second-order valence-electron chi connectivity index (χ2n) is 14.0. The van der Waals surface area contributed by atoms with Crippen LogP contribution < -0.4 is 0 Å². The van der Waals surface area contributed by atoms with Gasteiger partial charge in [-0.2, -0.15) is 0 Å². The van der Waals surface area contributed by atoms with Crippen LogP contribution in [-0.2, 0) is 0 Å². The lowest BCUT2D eigenvalue weighted by Crippen LogP contribution is -1.92. The molecule has 0 N–H and O–H groups in total. The summed E-state index contributed by atoms with van der Waals surface area (Å²) in [6.45, 7) is 0. The number of pyridine rings is 2. The fraction of sp³-hybridized carbons (Fsp3) is 0. The SMILES string of the molecule is c1cnc2c(c1)cc(-c1ccc(-c3cc4cccc5c6cccc7ccc8cccc(c9cccc3c9c45)c8c76)c3ccccc13)c1cccnc12. The molecule has 12 aromatic rings. The van der Waals surface area contributed by atoms with Crippen LogP contribution >= 0.6 is 0 Å². The zero-order chi connectivity index (χ0) is 33.9. The van der Waals surface area contributed by atoms with Gasteiger partial charge in [0.2, 0.25) is 0 Å². The molecule has 0 unspecified atom stereocenters. The number of fused-ring (bicyclic) bond motifs is 6. The number of benzene rings is 9. The van der Waals surface area contributed by atoms with Gasteiger partial charge in [0, 0.05) is 23.2 Å². The van der Waals surface area contributed by atoms with Crippen molar-refractivity contribution in [3.05, 3.63) is 170 Å². The van der Waals surface area contributed by atoms with Gasteiger partial charge in [-0.3, -0.25) is 9.97 Å². The maximum absolute atomic E-state index is 4.82. The Labute approximate surface area is 298 Å².